The van der Waals surface area contributed by atoms with E-state index in [1.165, 1.54) is 22.3 Å². The third kappa shape index (κ3) is 3.59. The lowest BCUT2D eigenvalue weighted by Crippen LogP contribution is -2.41. The van der Waals surface area contributed by atoms with Gasteiger partial charge in [0.25, 0.3) is 0 Å². The summed E-state index contributed by atoms with van der Waals surface area (Å²) in [4.78, 5) is 14.4. The van der Waals surface area contributed by atoms with E-state index in [1.807, 2.05) is 12.1 Å². The van der Waals surface area contributed by atoms with Crippen LogP contribution in [-0.4, -0.2) is 57.0 Å². The molecule has 1 aliphatic heterocycles. The summed E-state index contributed by atoms with van der Waals surface area (Å²) in [5, 5.41) is 2.86. The monoisotopic (exact) mass is 352 g/mol. The molecule has 0 saturated carbocycles. The van der Waals surface area contributed by atoms with Crippen LogP contribution in [0.15, 0.2) is 48.5 Å². The Labute approximate surface area is 153 Å². The molecule has 2 aromatic rings. The minimum Gasteiger partial charge on any atom is -0.449 e. The van der Waals surface area contributed by atoms with E-state index in [1.54, 1.807) is 0 Å². The van der Waals surface area contributed by atoms with E-state index in [0.717, 1.165) is 32.8 Å². The topological polar surface area (TPSA) is 50.8 Å². The van der Waals surface area contributed by atoms with Gasteiger partial charge in [-0.25, -0.2) is 4.79 Å². The highest BCUT2D eigenvalue weighted by Gasteiger charge is 2.28. The summed E-state index contributed by atoms with van der Waals surface area (Å²) >= 11 is 0. The van der Waals surface area contributed by atoms with Crippen molar-refractivity contribution in [2.75, 3.05) is 46.0 Å². The highest BCUT2D eigenvalue weighted by Crippen LogP contribution is 2.44. The molecule has 2 aromatic carbocycles. The van der Waals surface area contributed by atoms with Crippen LogP contribution in [0.5, 0.6) is 0 Å². The van der Waals surface area contributed by atoms with Gasteiger partial charge in [0.15, 0.2) is 0 Å². The second kappa shape index (κ2) is 7.89. The molecular weight excluding hydrogens is 328 g/mol. The minimum atomic E-state index is -0.347. The van der Waals surface area contributed by atoms with E-state index in [4.69, 9.17) is 9.47 Å². The SMILES string of the molecule is O=C(NCCN1CCOCC1)OCC1c2ccccc2-c2ccccc21. The Balaban J connectivity index is 1.32. The van der Waals surface area contributed by atoms with E-state index in [2.05, 4.69) is 46.6 Å². The van der Waals surface area contributed by atoms with Gasteiger partial charge >= 0.3 is 6.09 Å². The lowest BCUT2D eigenvalue weighted by atomic mass is 9.98. The van der Waals surface area contributed by atoms with Gasteiger partial charge in [0.1, 0.15) is 6.61 Å². The number of carbonyl (C=O) groups is 1. The van der Waals surface area contributed by atoms with E-state index in [9.17, 15) is 4.79 Å². The smallest absolute Gasteiger partial charge is 0.407 e. The Bertz CT molecular complexity index is 726. The molecule has 5 heteroatoms. The number of ether oxygens (including phenoxy) is 2. The second-order valence-electron chi connectivity index (χ2n) is 6.71. The highest BCUT2D eigenvalue weighted by atomic mass is 16.5. The van der Waals surface area contributed by atoms with Crippen LogP contribution in [0.3, 0.4) is 0 Å². The van der Waals surface area contributed by atoms with Crippen LogP contribution in [0.1, 0.15) is 17.0 Å². The van der Waals surface area contributed by atoms with E-state index in [-0.39, 0.29) is 12.0 Å². The number of alkyl carbamates (subject to hydrolysis) is 1. The molecule has 0 atom stereocenters. The first kappa shape index (κ1) is 17.1. The van der Waals surface area contributed by atoms with Crippen molar-refractivity contribution in [1.82, 2.24) is 10.2 Å². The molecule has 1 amide bonds. The first-order chi connectivity index (χ1) is 12.8. The number of rotatable bonds is 5. The van der Waals surface area contributed by atoms with Gasteiger partial charge in [-0.2, -0.15) is 0 Å². The van der Waals surface area contributed by atoms with Crippen LogP contribution in [0.4, 0.5) is 4.79 Å². The molecule has 0 radical (unpaired) electrons. The van der Waals surface area contributed by atoms with Gasteiger partial charge in [-0.3, -0.25) is 4.90 Å². The van der Waals surface area contributed by atoms with Gasteiger partial charge in [-0.1, -0.05) is 48.5 Å². The van der Waals surface area contributed by atoms with Crippen molar-refractivity contribution in [3.8, 4) is 11.1 Å². The Kier molecular flexibility index (Phi) is 5.18. The second-order valence-corrected chi connectivity index (χ2v) is 6.71. The van der Waals surface area contributed by atoms with Gasteiger partial charge < -0.3 is 14.8 Å². The molecular formula is C21H24N2O3. The Morgan fingerprint density at radius 2 is 1.65 bits per heavy atom. The maximum atomic E-state index is 12.1. The standard InChI is InChI=1S/C21H24N2O3/c24-21(22-9-10-23-11-13-25-14-12-23)26-15-20-18-7-3-1-5-16(18)17-6-2-4-8-19(17)20/h1-8,20H,9-15H2,(H,22,24). The first-order valence-corrected chi connectivity index (χ1v) is 9.22. The van der Waals surface area contributed by atoms with Crippen molar-refractivity contribution in [3.63, 3.8) is 0 Å². The average Bonchev–Trinajstić information content (AvgIpc) is 3.01. The van der Waals surface area contributed by atoms with Gasteiger partial charge in [0.05, 0.1) is 13.2 Å². The summed E-state index contributed by atoms with van der Waals surface area (Å²) in [5.41, 5.74) is 4.94. The zero-order chi connectivity index (χ0) is 17.8. The van der Waals surface area contributed by atoms with Crippen molar-refractivity contribution in [3.05, 3.63) is 59.7 Å². The molecule has 136 valence electrons. The number of fused-ring (bicyclic) bond motifs is 3. The normalized spacial score (nSPS) is 16.8. The number of nitrogens with zero attached hydrogens (tertiary/aromatic N) is 1. The summed E-state index contributed by atoms with van der Waals surface area (Å²) in [6, 6.07) is 16.7. The van der Waals surface area contributed by atoms with Crippen LogP contribution in [0.25, 0.3) is 11.1 Å². The molecule has 1 saturated heterocycles. The molecule has 26 heavy (non-hydrogen) atoms. The third-order valence-corrected chi connectivity index (χ3v) is 5.14. The number of hydrogen-bond donors (Lipinski definition) is 1. The fraction of sp³-hybridized carbons (Fsp3) is 0.381. The maximum absolute atomic E-state index is 12.1. The summed E-state index contributed by atoms with van der Waals surface area (Å²) in [5.74, 6) is 0.104. The lowest BCUT2D eigenvalue weighted by molar-refractivity contribution is 0.0382. The molecule has 0 unspecified atom stereocenters. The van der Waals surface area contributed by atoms with Crippen molar-refractivity contribution in [1.29, 1.82) is 0 Å². The number of carbonyl (C=O) groups excluding carboxylic acids is 1. The zero-order valence-electron chi connectivity index (χ0n) is 14.8. The minimum absolute atomic E-state index is 0.104. The lowest BCUT2D eigenvalue weighted by Gasteiger charge is -2.26. The molecule has 4 rings (SSSR count). The quantitative estimate of drug-likeness (QED) is 0.899. The predicted octanol–water partition coefficient (Wildman–Crippen LogP) is 2.86. The molecule has 0 spiro atoms. The van der Waals surface area contributed by atoms with E-state index >= 15 is 0 Å². The van der Waals surface area contributed by atoms with Crippen LogP contribution < -0.4 is 5.32 Å². The van der Waals surface area contributed by atoms with Crippen molar-refractivity contribution < 1.29 is 14.3 Å². The molecule has 2 aliphatic rings. The molecule has 5 nitrogen and oxygen atoms in total. The summed E-state index contributed by atoms with van der Waals surface area (Å²) in [6.07, 6.45) is -0.347. The van der Waals surface area contributed by atoms with Gasteiger partial charge in [0, 0.05) is 32.1 Å². The molecule has 1 aliphatic carbocycles. The molecule has 0 bridgehead atoms. The number of amides is 1. The van der Waals surface area contributed by atoms with Gasteiger partial charge in [0.2, 0.25) is 0 Å². The van der Waals surface area contributed by atoms with Crippen LogP contribution in [0, 0.1) is 0 Å². The van der Waals surface area contributed by atoms with Crippen LogP contribution in [-0.2, 0) is 9.47 Å². The zero-order valence-corrected chi connectivity index (χ0v) is 14.8. The van der Waals surface area contributed by atoms with Crippen molar-refractivity contribution >= 4 is 6.09 Å². The largest absolute Gasteiger partial charge is 0.449 e. The average molecular weight is 352 g/mol. The number of nitrogens with one attached hydrogen (secondary N) is 1. The Morgan fingerprint density at radius 3 is 2.31 bits per heavy atom. The molecule has 0 aromatic heterocycles. The van der Waals surface area contributed by atoms with Crippen molar-refractivity contribution in [2.45, 2.75) is 5.92 Å². The first-order valence-electron chi connectivity index (χ1n) is 9.22. The predicted molar refractivity (Wildman–Crippen MR) is 100 cm³/mol. The fourth-order valence-electron chi connectivity index (χ4n) is 3.79. The van der Waals surface area contributed by atoms with Crippen LogP contribution in [0.2, 0.25) is 0 Å². The van der Waals surface area contributed by atoms with Crippen molar-refractivity contribution in [2.24, 2.45) is 0 Å². The molecule has 1 fully saturated rings. The van der Waals surface area contributed by atoms with Gasteiger partial charge in [-0.05, 0) is 22.3 Å². The number of morpholine rings is 1. The number of hydrogen-bond acceptors (Lipinski definition) is 4. The fourth-order valence-corrected chi connectivity index (χ4v) is 3.79. The highest BCUT2D eigenvalue weighted by molar-refractivity contribution is 5.79. The third-order valence-electron chi connectivity index (χ3n) is 5.14. The van der Waals surface area contributed by atoms with E-state index in [0.29, 0.717) is 13.2 Å². The van der Waals surface area contributed by atoms with Gasteiger partial charge in [-0.15, -0.1) is 0 Å². The summed E-state index contributed by atoms with van der Waals surface area (Å²) < 4.78 is 10.9. The number of benzene rings is 2. The Morgan fingerprint density at radius 1 is 1.04 bits per heavy atom. The summed E-state index contributed by atoms with van der Waals surface area (Å²) in [7, 11) is 0. The van der Waals surface area contributed by atoms with E-state index < -0.39 is 0 Å². The summed E-state index contributed by atoms with van der Waals surface area (Å²) in [6.45, 7) is 5.16. The Hall–Kier alpha value is -2.37. The van der Waals surface area contributed by atoms with Crippen LogP contribution >= 0.6 is 0 Å². The molecule has 1 heterocycles. The maximum Gasteiger partial charge on any atom is 0.407 e. The molecule has 1 N–H and O–H groups in total.